The van der Waals surface area contributed by atoms with Gasteiger partial charge >= 0.3 is 0 Å². The van der Waals surface area contributed by atoms with Gasteiger partial charge in [0, 0.05) is 38.5 Å². The number of rotatable bonds is 6. The molecule has 2 aliphatic carbocycles. The first-order valence-electron chi connectivity index (χ1n) is 21.3. The van der Waals surface area contributed by atoms with E-state index < -0.39 is 0 Å². The molecule has 0 aliphatic heterocycles. The van der Waals surface area contributed by atoms with Crippen LogP contribution in [0.25, 0.3) is 66.4 Å². The fraction of sp³-hybridized carbons (Fsp3) is 0.0847. The predicted octanol–water partition coefficient (Wildman–Crippen LogP) is 16.0. The maximum absolute atomic E-state index is 6.41. The van der Waals surface area contributed by atoms with Gasteiger partial charge in [-0.3, -0.25) is 0 Å². The molecule has 0 amide bonds. The Morgan fingerprint density at radius 1 is 0.361 bits per heavy atom. The molecule has 2 aliphatic rings. The van der Waals surface area contributed by atoms with Gasteiger partial charge in [0.15, 0.2) is 0 Å². The third-order valence-electron chi connectivity index (χ3n) is 13.8. The second-order valence-electron chi connectivity index (χ2n) is 17.3. The number of anilines is 3. The summed E-state index contributed by atoms with van der Waals surface area (Å²) in [6.07, 6.45) is 0. The molecule has 12 rings (SSSR count). The lowest BCUT2D eigenvalue weighted by atomic mass is 9.74. The zero-order valence-electron chi connectivity index (χ0n) is 34.5. The Kier molecular flexibility index (Phi) is 7.74. The molecule has 0 saturated heterocycles. The van der Waals surface area contributed by atoms with Crippen LogP contribution in [0.15, 0.2) is 211 Å². The molecule has 0 saturated carbocycles. The van der Waals surface area contributed by atoms with Gasteiger partial charge in [-0.05, 0) is 116 Å². The van der Waals surface area contributed by atoms with Crippen molar-refractivity contribution in [3.05, 3.63) is 234 Å². The van der Waals surface area contributed by atoms with Crippen molar-refractivity contribution >= 4 is 39.0 Å². The second-order valence-corrected chi connectivity index (χ2v) is 17.3. The first kappa shape index (κ1) is 35.5. The minimum absolute atomic E-state index is 0.156. The Hall–Kier alpha value is -7.42. The molecule has 1 unspecified atom stereocenters. The van der Waals surface area contributed by atoms with Gasteiger partial charge in [-0.15, -0.1) is 0 Å². The van der Waals surface area contributed by atoms with Gasteiger partial charge in [0.25, 0.3) is 0 Å². The van der Waals surface area contributed by atoms with Crippen molar-refractivity contribution in [3.8, 4) is 44.5 Å². The van der Waals surface area contributed by atoms with Gasteiger partial charge in [0.1, 0.15) is 11.2 Å². The van der Waals surface area contributed by atoms with Crippen LogP contribution < -0.4 is 4.90 Å². The van der Waals surface area contributed by atoms with E-state index in [4.69, 9.17) is 4.42 Å². The van der Waals surface area contributed by atoms with E-state index in [1.807, 2.05) is 6.07 Å². The first-order valence-corrected chi connectivity index (χ1v) is 21.3. The summed E-state index contributed by atoms with van der Waals surface area (Å²) in [4.78, 5) is 2.51. The second kappa shape index (κ2) is 13.3. The van der Waals surface area contributed by atoms with Gasteiger partial charge in [-0.2, -0.15) is 0 Å². The number of fused-ring (bicyclic) bond motifs is 9. The lowest BCUT2D eigenvalue weighted by Gasteiger charge is -2.32. The third kappa shape index (κ3) is 5.15. The molecule has 9 aromatic carbocycles. The van der Waals surface area contributed by atoms with Crippen LogP contribution in [-0.2, 0) is 10.8 Å². The van der Waals surface area contributed by atoms with E-state index in [9.17, 15) is 0 Å². The molecular weight excluding hydrogens is 739 g/mol. The van der Waals surface area contributed by atoms with Gasteiger partial charge in [0.05, 0.1) is 5.69 Å². The molecule has 1 aromatic heterocycles. The molecule has 0 N–H and O–H groups in total. The van der Waals surface area contributed by atoms with E-state index in [1.165, 1.54) is 55.6 Å². The van der Waals surface area contributed by atoms with Crippen molar-refractivity contribution in [2.75, 3.05) is 4.90 Å². The van der Waals surface area contributed by atoms with Crippen LogP contribution in [-0.4, -0.2) is 0 Å². The number of para-hydroxylation sites is 2. The highest BCUT2D eigenvalue weighted by molar-refractivity contribution is 6.14. The van der Waals surface area contributed by atoms with Crippen molar-refractivity contribution in [2.24, 2.45) is 0 Å². The van der Waals surface area contributed by atoms with E-state index in [1.54, 1.807) is 0 Å². The lowest BCUT2D eigenvalue weighted by Crippen LogP contribution is -2.23. The van der Waals surface area contributed by atoms with Crippen LogP contribution in [0.2, 0.25) is 0 Å². The molecule has 61 heavy (non-hydrogen) atoms. The summed E-state index contributed by atoms with van der Waals surface area (Å²) in [6, 6.07) is 75.8. The monoisotopic (exact) mass is 781 g/mol. The van der Waals surface area contributed by atoms with E-state index >= 15 is 0 Å². The van der Waals surface area contributed by atoms with E-state index in [-0.39, 0.29) is 10.8 Å². The van der Waals surface area contributed by atoms with Crippen molar-refractivity contribution in [2.45, 2.75) is 31.6 Å². The highest BCUT2D eigenvalue weighted by Crippen LogP contribution is 2.56. The molecule has 0 bridgehead atoms. The van der Waals surface area contributed by atoms with Gasteiger partial charge in [0.2, 0.25) is 0 Å². The number of benzene rings is 9. The zero-order chi connectivity index (χ0) is 40.9. The van der Waals surface area contributed by atoms with Crippen molar-refractivity contribution < 1.29 is 4.42 Å². The summed E-state index contributed by atoms with van der Waals surface area (Å²) in [5.41, 5.74) is 21.2. The summed E-state index contributed by atoms with van der Waals surface area (Å²) < 4.78 is 6.41. The van der Waals surface area contributed by atoms with Crippen molar-refractivity contribution in [3.63, 3.8) is 0 Å². The number of hydrogen-bond acceptors (Lipinski definition) is 2. The third-order valence-corrected chi connectivity index (χ3v) is 13.8. The lowest BCUT2D eigenvalue weighted by molar-refractivity contribution is 0.660. The quantitative estimate of drug-likeness (QED) is 0.167. The number of furan rings is 1. The Morgan fingerprint density at radius 2 is 0.869 bits per heavy atom. The average molecular weight is 782 g/mol. The van der Waals surface area contributed by atoms with E-state index in [2.05, 4.69) is 226 Å². The Bertz CT molecular complexity index is 3370. The zero-order valence-corrected chi connectivity index (χ0v) is 34.5. The minimum atomic E-state index is -0.339. The van der Waals surface area contributed by atoms with Gasteiger partial charge in [-0.1, -0.05) is 178 Å². The summed E-state index contributed by atoms with van der Waals surface area (Å²) in [5, 5.41) is 2.26. The summed E-state index contributed by atoms with van der Waals surface area (Å²) in [7, 11) is 0. The SMILES string of the molecule is CC1(C)c2ccccc2-c2ccc(N(c3ccc4c(c3)C(C)(c3ccccc3)c3ccccc3-4)c3ccccc3-c3ccccc3-c3cccc4oc5ccccc5c34)cc21. The maximum atomic E-state index is 6.41. The van der Waals surface area contributed by atoms with Crippen LogP contribution in [0.5, 0.6) is 0 Å². The largest absolute Gasteiger partial charge is 0.456 e. The summed E-state index contributed by atoms with van der Waals surface area (Å²) >= 11 is 0. The fourth-order valence-corrected chi connectivity index (χ4v) is 10.8. The molecule has 0 spiro atoms. The molecule has 0 fully saturated rings. The molecule has 1 atom stereocenters. The maximum Gasteiger partial charge on any atom is 0.136 e. The Balaban J connectivity index is 1.11. The Morgan fingerprint density at radius 3 is 1.62 bits per heavy atom. The van der Waals surface area contributed by atoms with Gasteiger partial charge < -0.3 is 9.32 Å². The number of hydrogen-bond donors (Lipinski definition) is 0. The highest BCUT2D eigenvalue weighted by atomic mass is 16.3. The van der Waals surface area contributed by atoms with Gasteiger partial charge in [-0.25, -0.2) is 0 Å². The van der Waals surface area contributed by atoms with Crippen LogP contribution in [0, 0.1) is 0 Å². The van der Waals surface area contributed by atoms with Crippen LogP contribution in [0.4, 0.5) is 17.1 Å². The Labute approximate surface area is 357 Å². The van der Waals surface area contributed by atoms with E-state index in [0.29, 0.717) is 0 Å². The average Bonchev–Trinajstić information content (AvgIpc) is 3.90. The van der Waals surface area contributed by atoms with Crippen LogP contribution in [0.3, 0.4) is 0 Å². The standard InChI is InChI=1S/C59H43NO/c1-58(2)50-27-13-9-22-43(50)45-34-32-39(36-52(45)58)60(40-33-35-46-44-23-10-14-28-51(44)59(3,53(46)37-40)38-18-5-4-6-19-38)54-29-15-11-24-47(54)41-20-7-8-21-42(41)48-26-17-31-56-57(48)49-25-12-16-30-55(49)61-56/h4-37H,1-3H3. The van der Waals surface area contributed by atoms with E-state index in [0.717, 1.165) is 55.7 Å². The molecule has 2 heteroatoms. The van der Waals surface area contributed by atoms with Crippen molar-refractivity contribution in [1.29, 1.82) is 0 Å². The normalized spacial score (nSPS) is 15.7. The topological polar surface area (TPSA) is 16.4 Å². The molecule has 290 valence electrons. The molecular formula is C59H43NO. The predicted molar refractivity (Wildman–Crippen MR) is 254 cm³/mol. The molecule has 10 aromatic rings. The molecule has 2 nitrogen and oxygen atoms in total. The van der Waals surface area contributed by atoms with Crippen LogP contribution >= 0.6 is 0 Å². The minimum Gasteiger partial charge on any atom is -0.456 e. The molecule has 0 radical (unpaired) electrons. The fourth-order valence-electron chi connectivity index (χ4n) is 10.8. The summed E-state index contributed by atoms with van der Waals surface area (Å²) in [6.45, 7) is 7.14. The smallest absolute Gasteiger partial charge is 0.136 e. The highest BCUT2D eigenvalue weighted by Gasteiger charge is 2.41. The number of nitrogens with zero attached hydrogens (tertiary/aromatic N) is 1. The first-order chi connectivity index (χ1) is 29.9. The molecule has 1 heterocycles. The van der Waals surface area contributed by atoms with Crippen molar-refractivity contribution in [1.82, 2.24) is 0 Å². The van der Waals surface area contributed by atoms with Crippen LogP contribution in [0.1, 0.15) is 48.6 Å². The summed E-state index contributed by atoms with van der Waals surface area (Å²) in [5.74, 6) is 0.